The Morgan fingerprint density at radius 3 is 3.18 bits per heavy atom. The second-order valence-electron chi connectivity index (χ2n) is 4.38. The lowest BCUT2D eigenvalue weighted by molar-refractivity contribution is 0.0980. The van der Waals surface area contributed by atoms with Crippen molar-refractivity contribution in [2.45, 2.75) is 32.1 Å². The van der Waals surface area contributed by atoms with E-state index >= 15 is 0 Å². The Morgan fingerprint density at radius 1 is 1.47 bits per heavy atom. The summed E-state index contributed by atoms with van der Waals surface area (Å²) in [5.74, 6) is 2.76. The van der Waals surface area contributed by atoms with Gasteiger partial charge in [0.25, 0.3) is 0 Å². The molecule has 0 radical (unpaired) electrons. The molecule has 1 aliphatic rings. The Bertz CT molecular complexity index is 456. The van der Waals surface area contributed by atoms with Crippen LogP contribution in [-0.4, -0.2) is 12.3 Å². The van der Waals surface area contributed by atoms with E-state index in [0.717, 1.165) is 31.4 Å². The summed E-state index contributed by atoms with van der Waals surface area (Å²) in [4.78, 5) is 11.9. The van der Waals surface area contributed by atoms with E-state index in [9.17, 15) is 4.79 Å². The topological polar surface area (TPSA) is 29.1 Å². The fourth-order valence-electron chi connectivity index (χ4n) is 2.14. The lowest BCUT2D eigenvalue weighted by Crippen LogP contribution is -2.12. The van der Waals surface area contributed by atoms with E-state index in [2.05, 4.69) is 11.2 Å². The number of hydrogen-bond donors (Lipinski definition) is 1. The third kappa shape index (κ3) is 2.88. The number of terminal acetylenes is 1. The Kier molecular flexibility index (Phi) is 3.82. The van der Waals surface area contributed by atoms with E-state index in [4.69, 9.17) is 6.42 Å². The van der Waals surface area contributed by atoms with Crippen LogP contribution in [0, 0.1) is 12.3 Å². The first kappa shape index (κ1) is 11.7. The quantitative estimate of drug-likeness (QED) is 0.486. The second kappa shape index (κ2) is 5.54. The third-order valence-corrected chi connectivity index (χ3v) is 3.09. The fraction of sp³-hybridized carbons (Fsp3) is 0.400. The largest absolute Gasteiger partial charge is 0.385 e. The van der Waals surface area contributed by atoms with Crippen molar-refractivity contribution in [2.75, 3.05) is 11.9 Å². The highest BCUT2D eigenvalue weighted by Gasteiger charge is 2.11. The molecule has 0 atom stereocenters. The van der Waals surface area contributed by atoms with Gasteiger partial charge < -0.3 is 5.32 Å². The Balaban J connectivity index is 2.06. The molecule has 1 aliphatic heterocycles. The molecule has 0 bridgehead atoms. The van der Waals surface area contributed by atoms with Crippen LogP contribution in [0.4, 0.5) is 5.69 Å². The van der Waals surface area contributed by atoms with Crippen LogP contribution in [0.3, 0.4) is 0 Å². The molecular formula is C15H17NO. The summed E-state index contributed by atoms with van der Waals surface area (Å²) < 4.78 is 0. The number of Topliss-reactive ketones (excluding diaryl/α,β-unsaturated/α-hetero) is 1. The number of benzene rings is 1. The van der Waals surface area contributed by atoms with E-state index in [1.807, 2.05) is 18.2 Å². The molecule has 1 heterocycles. The smallest absolute Gasteiger partial charge is 0.162 e. The van der Waals surface area contributed by atoms with Crippen LogP contribution in [-0.2, 0) is 6.42 Å². The molecule has 2 nitrogen and oxygen atoms in total. The van der Waals surface area contributed by atoms with Crippen LogP contribution in [0.25, 0.3) is 0 Å². The van der Waals surface area contributed by atoms with Crippen LogP contribution in [0.5, 0.6) is 0 Å². The van der Waals surface area contributed by atoms with E-state index in [1.165, 1.54) is 11.3 Å². The highest BCUT2D eigenvalue weighted by atomic mass is 16.1. The van der Waals surface area contributed by atoms with Crippen molar-refractivity contribution in [2.24, 2.45) is 0 Å². The third-order valence-electron chi connectivity index (χ3n) is 3.09. The maximum absolute atomic E-state index is 11.9. The average Bonchev–Trinajstić information content (AvgIpc) is 2.38. The molecule has 2 rings (SSSR count). The van der Waals surface area contributed by atoms with E-state index in [-0.39, 0.29) is 5.78 Å². The van der Waals surface area contributed by atoms with Crippen LogP contribution in [0.15, 0.2) is 18.2 Å². The molecule has 0 saturated carbocycles. The minimum atomic E-state index is 0.202. The number of aryl methyl sites for hydroxylation is 1. The molecule has 88 valence electrons. The molecule has 1 aromatic rings. The van der Waals surface area contributed by atoms with Gasteiger partial charge in [-0.25, -0.2) is 0 Å². The molecular weight excluding hydrogens is 210 g/mol. The van der Waals surface area contributed by atoms with Gasteiger partial charge in [0, 0.05) is 30.6 Å². The van der Waals surface area contributed by atoms with Gasteiger partial charge >= 0.3 is 0 Å². The summed E-state index contributed by atoms with van der Waals surface area (Å²) in [7, 11) is 0. The Hall–Kier alpha value is -1.75. The molecule has 0 amide bonds. The molecule has 1 N–H and O–H groups in total. The van der Waals surface area contributed by atoms with Crippen molar-refractivity contribution in [1.29, 1.82) is 0 Å². The highest BCUT2D eigenvalue weighted by Crippen LogP contribution is 2.23. The molecule has 2 heteroatoms. The Labute approximate surface area is 102 Å². The maximum atomic E-state index is 11.9. The lowest BCUT2D eigenvalue weighted by Gasteiger charge is -2.18. The first-order valence-electron chi connectivity index (χ1n) is 6.15. The zero-order valence-corrected chi connectivity index (χ0v) is 9.96. The van der Waals surface area contributed by atoms with Gasteiger partial charge in [-0.3, -0.25) is 4.79 Å². The maximum Gasteiger partial charge on any atom is 0.162 e. The molecule has 0 unspecified atom stereocenters. The van der Waals surface area contributed by atoms with Gasteiger partial charge in [0.1, 0.15) is 0 Å². The zero-order chi connectivity index (χ0) is 12.1. The summed E-state index contributed by atoms with van der Waals surface area (Å²) in [6.45, 7) is 1.03. The van der Waals surface area contributed by atoms with Gasteiger partial charge in [-0.1, -0.05) is 0 Å². The number of unbranched alkanes of at least 4 members (excludes halogenated alkanes) is 1. The van der Waals surface area contributed by atoms with Crippen LogP contribution < -0.4 is 5.32 Å². The molecule has 1 aromatic carbocycles. The van der Waals surface area contributed by atoms with Crippen LogP contribution in [0.2, 0.25) is 0 Å². The van der Waals surface area contributed by atoms with E-state index < -0.39 is 0 Å². The van der Waals surface area contributed by atoms with Crippen molar-refractivity contribution < 1.29 is 4.79 Å². The van der Waals surface area contributed by atoms with Crippen molar-refractivity contribution in [3.05, 3.63) is 29.3 Å². The number of nitrogens with one attached hydrogen (secondary N) is 1. The van der Waals surface area contributed by atoms with Crippen molar-refractivity contribution in [3.8, 4) is 12.3 Å². The van der Waals surface area contributed by atoms with Gasteiger partial charge in [0.05, 0.1) is 0 Å². The molecule has 0 saturated heterocycles. The van der Waals surface area contributed by atoms with Gasteiger partial charge in [-0.15, -0.1) is 12.3 Å². The monoisotopic (exact) mass is 227 g/mol. The molecule has 0 aromatic heterocycles. The first-order chi connectivity index (χ1) is 8.31. The number of rotatable bonds is 4. The van der Waals surface area contributed by atoms with Gasteiger partial charge in [-0.2, -0.15) is 0 Å². The standard InChI is InChI=1S/C15H17NO/c1-2-3-4-7-15(17)13-8-9-14-12(11-13)6-5-10-16-14/h1,8-9,11,16H,3-7,10H2. The SMILES string of the molecule is C#CCCCC(=O)c1ccc2c(c1)CCCN2. The van der Waals surface area contributed by atoms with Crippen LogP contribution in [0.1, 0.15) is 41.6 Å². The van der Waals surface area contributed by atoms with Crippen molar-refractivity contribution in [3.63, 3.8) is 0 Å². The minimum absolute atomic E-state index is 0.202. The summed E-state index contributed by atoms with van der Waals surface area (Å²) in [6, 6.07) is 5.96. The van der Waals surface area contributed by atoms with E-state index in [0.29, 0.717) is 12.8 Å². The number of carbonyl (C=O) groups is 1. The van der Waals surface area contributed by atoms with Crippen molar-refractivity contribution >= 4 is 11.5 Å². The number of ketones is 1. The molecule has 17 heavy (non-hydrogen) atoms. The number of fused-ring (bicyclic) bond motifs is 1. The zero-order valence-electron chi connectivity index (χ0n) is 9.96. The summed E-state index contributed by atoms with van der Waals surface area (Å²) in [6.07, 6.45) is 9.39. The van der Waals surface area contributed by atoms with Crippen molar-refractivity contribution in [1.82, 2.24) is 0 Å². The fourth-order valence-corrected chi connectivity index (χ4v) is 2.14. The van der Waals surface area contributed by atoms with Gasteiger partial charge in [-0.05, 0) is 43.0 Å². The lowest BCUT2D eigenvalue weighted by atomic mass is 9.97. The van der Waals surface area contributed by atoms with Gasteiger partial charge in [0.15, 0.2) is 5.78 Å². The molecule has 0 aliphatic carbocycles. The highest BCUT2D eigenvalue weighted by molar-refractivity contribution is 5.96. The second-order valence-corrected chi connectivity index (χ2v) is 4.38. The number of carbonyl (C=O) groups excluding carboxylic acids is 1. The van der Waals surface area contributed by atoms with Gasteiger partial charge in [0.2, 0.25) is 0 Å². The predicted molar refractivity (Wildman–Crippen MR) is 70.3 cm³/mol. The normalized spacial score (nSPS) is 13.4. The molecule has 0 fully saturated rings. The van der Waals surface area contributed by atoms with E-state index in [1.54, 1.807) is 0 Å². The molecule has 0 spiro atoms. The minimum Gasteiger partial charge on any atom is -0.385 e. The summed E-state index contributed by atoms with van der Waals surface area (Å²) in [5, 5.41) is 3.34. The first-order valence-corrected chi connectivity index (χ1v) is 6.15. The average molecular weight is 227 g/mol. The predicted octanol–water partition coefficient (Wildman–Crippen LogP) is 3.03. The number of hydrogen-bond acceptors (Lipinski definition) is 2. The van der Waals surface area contributed by atoms with Crippen LogP contribution >= 0.6 is 0 Å². The number of anilines is 1. The summed E-state index contributed by atoms with van der Waals surface area (Å²) >= 11 is 0. The summed E-state index contributed by atoms with van der Waals surface area (Å²) in [5.41, 5.74) is 3.26. The Morgan fingerprint density at radius 2 is 2.35 bits per heavy atom.